The van der Waals surface area contributed by atoms with Crippen molar-refractivity contribution in [3.8, 4) is 11.5 Å². The Morgan fingerprint density at radius 2 is 1.48 bits per heavy atom. The van der Waals surface area contributed by atoms with Crippen molar-refractivity contribution in [3.05, 3.63) is 87.3 Å². The minimum Gasteiger partial charge on any atom is -0.506 e. The maximum atomic E-state index is 13.3. The first kappa shape index (κ1) is 38.2. The van der Waals surface area contributed by atoms with Crippen LogP contribution in [0.25, 0.3) is 10.8 Å². The van der Waals surface area contributed by atoms with Crippen molar-refractivity contribution in [1.82, 2.24) is 21.6 Å². The first-order valence-corrected chi connectivity index (χ1v) is 17.1. The predicted octanol–water partition coefficient (Wildman–Crippen LogP) is 4.02. The number of anilines is 3. The number of amides is 2. The van der Waals surface area contributed by atoms with Gasteiger partial charge >= 0.3 is 0 Å². The Morgan fingerprint density at radius 1 is 0.820 bits per heavy atom. The van der Waals surface area contributed by atoms with Crippen LogP contribution >= 0.6 is 56.3 Å². The Bertz CT molecular complexity index is 1880. The van der Waals surface area contributed by atoms with E-state index in [0.29, 0.717) is 35.3 Å². The van der Waals surface area contributed by atoms with Gasteiger partial charge < -0.3 is 41.3 Å². The number of hydrogen-bond donors (Lipinski definition) is 10. The molecule has 14 nitrogen and oxygen atoms in total. The number of carbonyl (C=O) groups excluding carboxylic acids is 2. The minimum atomic E-state index is -1.49. The van der Waals surface area contributed by atoms with Gasteiger partial charge in [-0.1, -0.05) is 30.3 Å². The molecule has 1 atom stereocenters. The molecule has 50 heavy (non-hydrogen) atoms. The summed E-state index contributed by atoms with van der Waals surface area (Å²) in [6.45, 7) is 1.09. The van der Waals surface area contributed by atoms with Crippen LogP contribution in [0.2, 0.25) is 0 Å². The van der Waals surface area contributed by atoms with Crippen LogP contribution in [0.4, 0.5) is 17.1 Å². The number of ether oxygens (including phenoxy) is 1. The van der Waals surface area contributed by atoms with Crippen LogP contribution in [0.1, 0.15) is 5.56 Å². The van der Waals surface area contributed by atoms with Gasteiger partial charge in [-0.3, -0.25) is 20.4 Å². The summed E-state index contributed by atoms with van der Waals surface area (Å²) < 4.78 is 5.50. The molecule has 0 spiro atoms. The van der Waals surface area contributed by atoms with Crippen LogP contribution in [-0.4, -0.2) is 76.0 Å². The SMILES string of the molecule is O=C(N/N=C\c1cc(Br)c(O)c(Br)c1O)C(Nc1ccc2ccccc2c1)C(=O)NNC(=S)Nc1ccc(NC(=S)NCCOCCO)cc1. The van der Waals surface area contributed by atoms with Crippen LogP contribution in [0.3, 0.4) is 0 Å². The lowest BCUT2D eigenvalue weighted by atomic mass is 10.1. The zero-order valence-electron chi connectivity index (χ0n) is 26.0. The third-order valence-electron chi connectivity index (χ3n) is 6.63. The lowest BCUT2D eigenvalue weighted by Gasteiger charge is -2.19. The molecule has 4 aromatic rings. The fraction of sp³-hybridized carbons (Fsp3) is 0.156. The molecule has 0 fully saturated rings. The number of rotatable bonds is 13. The number of hydrazine groups is 1. The van der Waals surface area contributed by atoms with E-state index in [9.17, 15) is 19.8 Å². The van der Waals surface area contributed by atoms with Crippen molar-refractivity contribution in [2.45, 2.75) is 6.04 Å². The van der Waals surface area contributed by atoms with Gasteiger partial charge in [0.25, 0.3) is 11.8 Å². The van der Waals surface area contributed by atoms with Gasteiger partial charge in [0, 0.05) is 29.2 Å². The average molecular weight is 849 g/mol. The zero-order chi connectivity index (χ0) is 36.0. The molecule has 2 amide bonds. The van der Waals surface area contributed by atoms with Gasteiger partial charge in [-0.25, -0.2) is 5.43 Å². The number of phenolic OH excluding ortho intramolecular Hbond substituents is 2. The number of hydrazone groups is 1. The summed E-state index contributed by atoms with van der Waals surface area (Å²) in [6.07, 6.45) is 1.16. The molecule has 0 bridgehead atoms. The van der Waals surface area contributed by atoms with E-state index in [-0.39, 0.29) is 44.3 Å². The van der Waals surface area contributed by atoms with Crippen molar-refractivity contribution < 1.29 is 29.6 Å². The number of carbonyl (C=O) groups is 2. The van der Waals surface area contributed by atoms with E-state index >= 15 is 0 Å². The fourth-order valence-electron chi connectivity index (χ4n) is 4.21. The number of thiocarbonyl (C=S) groups is 2. The molecule has 0 saturated carbocycles. The quantitative estimate of drug-likeness (QED) is 0.0305. The lowest BCUT2D eigenvalue weighted by molar-refractivity contribution is -0.130. The normalized spacial score (nSPS) is 11.4. The van der Waals surface area contributed by atoms with Gasteiger partial charge in [0.05, 0.1) is 30.5 Å². The second-order valence-corrected chi connectivity index (χ2v) is 12.7. The molecule has 0 aromatic heterocycles. The van der Waals surface area contributed by atoms with Crippen LogP contribution in [-0.2, 0) is 14.3 Å². The maximum absolute atomic E-state index is 13.3. The zero-order valence-corrected chi connectivity index (χ0v) is 30.8. The summed E-state index contributed by atoms with van der Waals surface area (Å²) in [5.41, 5.74) is 9.33. The Morgan fingerprint density at radius 3 is 2.18 bits per heavy atom. The van der Waals surface area contributed by atoms with Crippen LogP contribution in [0.15, 0.2) is 86.8 Å². The Balaban J connectivity index is 1.37. The van der Waals surface area contributed by atoms with Gasteiger partial charge in [-0.15, -0.1) is 0 Å². The molecule has 0 aliphatic carbocycles. The van der Waals surface area contributed by atoms with E-state index in [0.717, 1.165) is 17.0 Å². The van der Waals surface area contributed by atoms with Gasteiger partial charge in [0.2, 0.25) is 0 Å². The van der Waals surface area contributed by atoms with E-state index in [1.54, 1.807) is 36.4 Å². The van der Waals surface area contributed by atoms with Gasteiger partial charge in [0.15, 0.2) is 16.3 Å². The lowest BCUT2D eigenvalue weighted by Crippen LogP contribution is -2.54. The molecule has 262 valence electrons. The van der Waals surface area contributed by atoms with Crippen molar-refractivity contribution in [2.24, 2.45) is 5.10 Å². The van der Waals surface area contributed by atoms with E-state index in [2.05, 4.69) is 74.5 Å². The highest BCUT2D eigenvalue weighted by Gasteiger charge is 2.27. The molecular weight excluding hydrogens is 816 g/mol. The molecule has 4 rings (SSSR count). The second-order valence-electron chi connectivity index (χ2n) is 10.2. The smallest absolute Gasteiger partial charge is 0.272 e. The molecule has 1 unspecified atom stereocenters. The molecule has 10 N–H and O–H groups in total. The molecule has 0 aliphatic rings. The minimum absolute atomic E-state index is 0.0348. The third kappa shape index (κ3) is 11.2. The number of nitrogens with zero attached hydrogens (tertiary/aromatic N) is 1. The molecular formula is C32H32Br2N8O6S2. The largest absolute Gasteiger partial charge is 0.506 e. The summed E-state index contributed by atoms with van der Waals surface area (Å²) in [5, 5.41) is 47.1. The maximum Gasteiger partial charge on any atom is 0.272 e. The molecule has 4 aromatic carbocycles. The highest BCUT2D eigenvalue weighted by Crippen LogP contribution is 2.40. The summed E-state index contributed by atoms with van der Waals surface area (Å²) in [4.78, 5) is 26.6. The number of hydrogen-bond acceptors (Lipinski definition) is 10. The molecule has 0 aliphatic heterocycles. The first-order chi connectivity index (χ1) is 24.0. The molecule has 0 radical (unpaired) electrons. The fourth-order valence-corrected chi connectivity index (χ4v) is 5.75. The molecule has 0 saturated heterocycles. The average Bonchev–Trinajstić information content (AvgIpc) is 3.11. The Hall–Kier alpha value is -4.59. The molecule has 0 heterocycles. The van der Waals surface area contributed by atoms with Crippen molar-refractivity contribution in [2.75, 3.05) is 42.3 Å². The highest BCUT2D eigenvalue weighted by atomic mass is 79.9. The number of benzene rings is 4. The predicted molar refractivity (Wildman–Crippen MR) is 208 cm³/mol. The number of aliphatic hydroxyl groups excluding tert-OH is 1. The van der Waals surface area contributed by atoms with E-state index in [4.69, 9.17) is 34.3 Å². The molecule has 18 heteroatoms. The van der Waals surface area contributed by atoms with Gasteiger partial charge in [-0.05, 0) is 110 Å². The highest BCUT2D eigenvalue weighted by molar-refractivity contribution is 9.11. The number of aromatic hydroxyl groups is 2. The Labute approximate surface area is 314 Å². The van der Waals surface area contributed by atoms with Gasteiger partial charge in [0.1, 0.15) is 16.0 Å². The Kier molecular flexibility index (Phi) is 14.5. The second kappa shape index (κ2) is 19.0. The number of phenols is 2. The van der Waals surface area contributed by atoms with E-state index < -0.39 is 17.9 Å². The van der Waals surface area contributed by atoms with Crippen LogP contribution in [0, 0.1) is 0 Å². The first-order valence-electron chi connectivity index (χ1n) is 14.7. The van der Waals surface area contributed by atoms with Crippen molar-refractivity contribution in [3.63, 3.8) is 0 Å². The summed E-state index contributed by atoms with van der Waals surface area (Å²) in [6, 6.07) is 19.9. The number of fused-ring (bicyclic) bond motifs is 1. The van der Waals surface area contributed by atoms with Crippen LogP contribution < -0.4 is 37.5 Å². The summed E-state index contributed by atoms with van der Waals surface area (Å²) in [7, 11) is 0. The van der Waals surface area contributed by atoms with Crippen molar-refractivity contribution >= 4 is 112 Å². The number of aliphatic hydroxyl groups is 1. The van der Waals surface area contributed by atoms with Crippen LogP contribution in [0.5, 0.6) is 11.5 Å². The summed E-state index contributed by atoms with van der Waals surface area (Å²) in [5.74, 6) is -2.12. The third-order valence-corrected chi connectivity index (χ3v) is 8.43. The van der Waals surface area contributed by atoms with E-state index in [1.807, 2.05) is 30.3 Å². The van der Waals surface area contributed by atoms with Gasteiger partial charge in [-0.2, -0.15) is 5.10 Å². The summed E-state index contributed by atoms with van der Waals surface area (Å²) >= 11 is 16.9. The topological polar surface area (TPSA) is 201 Å². The number of halogens is 2. The monoisotopic (exact) mass is 846 g/mol. The number of nitrogens with one attached hydrogen (secondary N) is 7. The van der Waals surface area contributed by atoms with Crippen molar-refractivity contribution in [1.29, 1.82) is 0 Å². The van der Waals surface area contributed by atoms with E-state index in [1.165, 1.54) is 6.07 Å². The standard InChI is InChI=1S/C32H32Br2N8O6S2/c33-24-16-20(27(44)25(34)28(24)45)17-36-40-29(46)26(37-23-6-5-18-3-1-2-4-19(18)15-23)30(47)41-42-32(50)39-22-9-7-21(8-10-22)38-31(49)35-11-13-48-14-12-43/h1-10,15-17,26,37,43-45H,11-14H2,(H,40,46)(H,41,47)(H2,35,38,49)(H2,39,42,50)/b36-17-.